The van der Waals surface area contributed by atoms with Crippen molar-refractivity contribution in [3.8, 4) is 0 Å². The topological polar surface area (TPSA) is 0 Å². The van der Waals surface area contributed by atoms with E-state index in [1.165, 1.54) is 12.8 Å². The Morgan fingerprint density at radius 3 is 1.44 bits per heavy atom. The molecule has 54 valence electrons. The van der Waals surface area contributed by atoms with E-state index in [4.69, 9.17) is 0 Å². The monoisotopic (exact) mass is 268 g/mol. The van der Waals surface area contributed by atoms with Gasteiger partial charge < -0.3 is 0 Å². The molecule has 0 rings (SSSR count). The summed E-state index contributed by atoms with van der Waals surface area (Å²) in [4.78, 5) is 0. The fourth-order valence-electron chi connectivity index (χ4n) is 0.289. The first-order valence-corrected chi connectivity index (χ1v) is 11.1. The van der Waals surface area contributed by atoms with Gasteiger partial charge in [-0.1, -0.05) is 33.6 Å². The summed E-state index contributed by atoms with van der Waals surface area (Å²) in [6, 6.07) is 0. The van der Waals surface area contributed by atoms with E-state index in [-0.39, 0.29) is 16.0 Å². The van der Waals surface area contributed by atoms with Crippen LogP contribution in [0.3, 0.4) is 0 Å². The van der Waals surface area contributed by atoms with Crippen LogP contribution in [0.5, 0.6) is 0 Å². The third kappa shape index (κ3) is 17.7. The molecule has 9 heavy (non-hydrogen) atoms. The van der Waals surface area contributed by atoms with Crippen molar-refractivity contribution in [3.63, 3.8) is 0 Å². The van der Waals surface area contributed by atoms with Gasteiger partial charge in [0.2, 0.25) is 0 Å². The standard InChI is InChI=1S/C6H14.2BrH.Mg/c1-4-6(3)5-2;;;/h6H,4-5H2,1-3H3;2*1H;/q;;;+2/p-2. The number of hydrogen-bond acceptors (Lipinski definition) is 0. The predicted molar refractivity (Wildman–Crippen MR) is 53.4 cm³/mol. The SMILES string of the molecule is CCC(C)CC.[Br][Mg][Br]. The van der Waals surface area contributed by atoms with Crippen LogP contribution in [-0.4, -0.2) is 16.0 Å². The molecule has 0 spiro atoms. The summed E-state index contributed by atoms with van der Waals surface area (Å²) in [7, 11) is 0. The van der Waals surface area contributed by atoms with Crippen molar-refractivity contribution in [1.82, 2.24) is 0 Å². The molecule has 0 unspecified atom stereocenters. The quantitative estimate of drug-likeness (QED) is 0.670. The van der Waals surface area contributed by atoms with E-state index in [0.29, 0.717) is 0 Å². The van der Waals surface area contributed by atoms with E-state index in [0.717, 1.165) is 5.92 Å². The van der Waals surface area contributed by atoms with Crippen LogP contribution < -0.4 is 0 Å². The van der Waals surface area contributed by atoms with Crippen LogP contribution in [0, 0.1) is 5.92 Å². The second-order valence-corrected chi connectivity index (χ2v) is 10.1. The molecule has 0 bridgehead atoms. The molecule has 0 aliphatic rings. The molecule has 0 nitrogen and oxygen atoms in total. The molecule has 0 amide bonds. The minimum atomic E-state index is 0.0417. The minimum absolute atomic E-state index is 0.0417. The van der Waals surface area contributed by atoms with Gasteiger partial charge >= 0.3 is 16.0 Å². The second kappa shape index (κ2) is 12.4. The van der Waals surface area contributed by atoms with Crippen LogP contribution in [0.25, 0.3) is 0 Å². The molecule has 0 aromatic heterocycles. The zero-order chi connectivity index (χ0) is 7.70. The Kier molecular flexibility index (Phi) is 18.4. The normalized spacial score (nSPS) is 7.78. The van der Waals surface area contributed by atoms with Crippen LogP contribution in [0.4, 0.5) is 0 Å². The Labute approximate surface area is 80.6 Å². The molecule has 0 aromatic rings. The van der Waals surface area contributed by atoms with E-state index in [9.17, 15) is 0 Å². The fourth-order valence-corrected chi connectivity index (χ4v) is 0.289. The Balaban J connectivity index is 0. The summed E-state index contributed by atoms with van der Waals surface area (Å²) in [5.74, 6) is 0.935. The third-order valence-corrected chi connectivity index (χ3v) is 1.39. The van der Waals surface area contributed by atoms with Crippen LogP contribution in [0.15, 0.2) is 0 Å². The zero-order valence-corrected chi connectivity index (χ0v) is 11.0. The van der Waals surface area contributed by atoms with Gasteiger partial charge in [0.1, 0.15) is 0 Å². The zero-order valence-electron chi connectivity index (χ0n) is 6.45. The number of hydrogen-bond donors (Lipinski definition) is 0. The van der Waals surface area contributed by atoms with Gasteiger partial charge in [-0.05, 0) is 5.92 Å². The average Bonchev–Trinajstić information content (AvgIpc) is 1.88. The molecule has 0 atom stereocenters. The van der Waals surface area contributed by atoms with Gasteiger partial charge in [-0.3, -0.25) is 25.8 Å². The van der Waals surface area contributed by atoms with Crippen molar-refractivity contribution in [1.29, 1.82) is 0 Å². The predicted octanol–water partition coefficient (Wildman–Crippen LogP) is 3.75. The molecule has 0 aliphatic heterocycles. The summed E-state index contributed by atoms with van der Waals surface area (Å²) >= 11 is 6.44. The van der Waals surface area contributed by atoms with E-state index in [1.807, 2.05) is 0 Å². The highest BCUT2D eigenvalue weighted by atomic mass is 79.9. The summed E-state index contributed by atoms with van der Waals surface area (Å²) in [5.41, 5.74) is 0. The molecule has 0 radical (unpaired) electrons. The van der Waals surface area contributed by atoms with Gasteiger partial charge in [0.05, 0.1) is 0 Å². The summed E-state index contributed by atoms with van der Waals surface area (Å²) in [5, 5.41) is 0. The molecule has 0 saturated heterocycles. The number of rotatable bonds is 2. The number of halogens is 2. The first-order valence-electron chi connectivity index (χ1n) is 3.34. The van der Waals surface area contributed by atoms with Crippen LogP contribution in [0.1, 0.15) is 33.6 Å². The van der Waals surface area contributed by atoms with Crippen LogP contribution in [0.2, 0.25) is 0 Å². The van der Waals surface area contributed by atoms with E-state index >= 15 is 0 Å². The van der Waals surface area contributed by atoms with Crippen molar-refractivity contribution in [2.45, 2.75) is 33.6 Å². The van der Waals surface area contributed by atoms with Crippen LogP contribution in [-0.2, 0) is 0 Å². The molecule has 0 N–H and O–H groups in total. The fraction of sp³-hybridized carbons (Fsp3) is 1.00. The molecule has 0 saturated carbocycles. The maximum absolute atomic E-state index is 3.20. The van der Waals surface area contributed by atoms with Gasteiger partial charge in [0, 0.05) is 0 Å². The van der Waals surface area contributed by atoms with E-state index < -0.39 is 0 Å². The highest BCUT2D eigenvalue weighted by Crippen LogP contribution is 2.02. The molecule has 0 aromatic carbocycles. The minimum Gasteiger partial charge on any atom is -0.280 e. The summed E-state index contributed by atoms with van der Waals surface area (Å²) in [6.45, 7) is 6.74. The summed E-state index contributed by atoms with van der Waals surface area (Å²) < 4.78 is 0. The highest BCUT2D eigenvalue weighted by Gasteiger charge is 1.88. The van der Waals surface area contributed by atoms with E-state index in [2.05, 4.69) is 46.5 Å². The lowest BCUT2D eigenvalue weighted by Gasteiger charge is -1.98. The van der Waals surface area contributed by atoms with Crippen molar-refractivity contribution in [3.05, 3.63) is 0 Å². The lowest BCUT2D eigenvalue weighted by molar-refractivity contribution is 0.544. The largest absolute Gasteiger partial charge is 0.560 e. The van der Waals surface area contributed by atoms with E-state index in [1.54, 1.807) is 0 Å². The summed E-state index contributed by atoms with van der Waals surface area (Å²) in [6.07, 6.45) is 2.66. The van der Waals surface area contributed by atoms with Gasteiger partial charge in [-0.15, -0.1) is 0 Å². The van der Waals surface area contributed by atoms with Crippen molar-refractivity contribution in [2.75, 3.05) is 0 Å². The van der Waals surface area contributed by atoms with Crippen molar-refractivity contribution in [2.24, 2.45) is 5.92 Å². The van der Waals surface area contributed by atoms with Crippen molar-refractivity contribution >= 4 is 41.8 Å². The van der Waals surface area contributed by atoms with Crippen molar-refractivity contribution < 1.29 is 0 Å². The third-order valence-electron chi connectivity index (χ3n) is 1.39. The Bertz CT molecular complexity index is 38.0. The maximum atomic E-state index is 3.20. The van der Waals surface area contributed by atoms with Gasteiger partial charge in [0.25, 0.3) is 0 Å². The Morgan fingerprint density at radius 1 is 1.22 bits per heavy atom. The molecule has 3 heteroatoms. The van der Waals surface area contributed by atoms with Gasteiger partial charge in [-0.2, -0.15) is 0 Å². The molecule has 0 aliphatic carbocycles. The highest BCUT2D eigenvalue weighted by molar-refractivity contribution is 9.47. The molecule has 0 heterocycles. The maximum Gasteiger partial charge on any atom is 0.560 e. The second-order valence-electron chi connectivity index (χ2n) is 2.02. The molecule has 0 fully saturated rings. The first-order chi connectivity index (χ1) is 4.22. The van der Waals surface area contributed by atoms with Gasteiger partial charge in [-0.25, -0.2) is 0 Å². The smallest absolute Gasteiger partial charge is 0.280 e. The Morgan fingerprint density at radius 2 is 1.44 bits per heavy atom. The average molecular weight is 270 g/mol. The van der Waals surface area contributed by atoms with Gasteiger partial charge in [0.15, 0.2) is 0 Å². The lowest BCUT2D eigenvalue weighted by atomic mass is 10.1. The lowest BCUT2D eigenvalue weighted by Crippen LogP contribution is -1.85. The first kappa shape index (κ1) is 13.3. The van der Waals surface area contributed by atoms with Crippen LogP contribution >= 0.6 is 25.8 Å². The molecular formula is C6H14Br2Mg. The Hall–Kier alpha value is 1.73. The molecular weight excluding hydrogens is 256 g/mol.